The zero-order valence-corrected chi connectivity index (χ0v) is 12.6. The van der Waals surface area contributed by atoms with E-state index in [0.717, 1.165) is 30.0 Å². The molecule has 0 radical (unpaired) electrons. The van der Waals surface area contributed by atoms with Crippen LogP contribution in [0.2, 0.25) is 0 Å². The summed E-state index contributed by atoms with van der Waals surface area (Å²) >= 11 is 5.15. The first kappa shape index (κ1) is 14.0. The van der Waals surface area contributed by atoms with Gasteiger partial charge in [-0.25, -0.2) is 0 Å². The van der Waals surface area contributed by atoms with Gasteiger partial charge in [0.05, 0.1) is 17.0 Å². The highest BCUT2D eigenvalue weighted by Gasteiger charge is 2.15. The van der Waals surface area contributed by atoms with E-state index >= 15 is 0 Å². The average Bonchev–Trinajstić information content (AvgIpc) is 2.81. The first-order chi connectivity index (χ1) is 8.75. The lowest BCUT2D eigenvalue weighted by molar-refractivity contribution is -0.135. The molecule has 4 nitrogen and oxygen atoms in total. The zero-order valence-electron chi connectivity index (χ0n) is 10.2. The number of thiophene rings is 1. The Labute approximate surface area is 119 Å². The van der Waals surface area contributed by atoms with Gasteiger partial charge in [0, 0.05) is 37.5 Å². The summed E-state index contributed by atoms with van der Waals surface area (Å²) in [5.41, 5.74) is 0. The van der Waals surface area contributed by atoms with Gasteiger partial charge in [-0.05, 0) is 28.1 Å². The van der Waals surface area contributed by atoms with E-state index in [1.807, 2.05) is 11.0 Å². The topological polar surface area (TPSA) is 41.6 Å². The van der Waals surface area contributed by atoms with E-state index < -0.39 is 0 Å². The van der Waals surface area contributed by atoms with Gasteiger partial charge in [0.1, 0.15) is 0 Å². The Morgan fingerprint density at radius 1 is 1.44 bits per heavy atom. The monoisotopic (exact) mass is 332 g/mol. The van der Waals surface area contributed by atoms with Crippen molar-refractivity contribution in [2.45, 2.75) is 13.0 Å². The van der Waals surface area contributed by atoms with Crippen LogP contribution in [0, 0.1) is 0 Å². The van der Waals surface area contributed by atoms with Crippen LogP contribution in [-0.2, 0) is 16.1 Å². The van der Waals surface area contributed by atoms with Gasteiger partial charge < -0.3 is 15.0 Å². The van der Waals surface area contributed by atoms with Gasteiger partial charge in [0.2, 0.25) is 5.91 Å². The summed E-state index contributed by atoms with van der Waals surface area (Å²) in [6.07, 6.45) is 0.562. The zero-order chi connectivity index (χ0) is 12.8. The van der Waals surface area contributed by atoms with Crippen LogP contribution in [0.25, 0.3) is 0 Å². The number of carbonyl (C=O) groups is 1. The van der Waals surface area contributed by atoms with Crippen LogP contribution >= 0.6 is 27.3 Å². The van der Waals surface area contributed by atoms with Crippen molar-refractivity contribution in [1.82, 2.24) is 10.2 Å². The Kier molecular flexibility index (Phi) is 5.62. The Morgan fingerprint density at radius 3 is 2.89 bits per heavy atom. The van der Waals surface area contributed by atoms with Crippen LogP contribution in [0.1, 0.15) is 11.3 Å². The maximum absolute atomic E-state index is 11.8. The van der Waals surface area contributed by atoms with Crippen molar-refractivity contribution in [2.24, 2.45) is 0 Å². The Morgan fingerprint density at radius 2 is 2.22 bits per heavy atom. The van der Waals surface area contributed by atoms with Crippen LogP contribution in [0.5, 0.6) is 0 Å². The summed E-state index contributed by atoms with van der Waals surface area (Å²) in [4.78, 5) is 15.0. The number of ether oxygens (including phenoxy) is 1. The third-order valence-corrected chi connectivity index (χ3v) is 4.43. The Balaban J connectivity index is 1.61. The molecule has 0 saturated carbocycles. The standard InChI is InChI=1S/C12H17BrN2O2S/c13-11-2-1-10(18-11)9-14-4-3-12(16)15-5-7-17-8-6-15/h1-2,14H,3-9H2. The first-order valence-electron chi connectivity index (χ1n) is 6.06. The average molecular weight is 333 g/mol. The van der Waals surface area contributed by atoms with Gasteiger partial charge in [0.25, 0.3) is 0 Å². The third kappa shape index (κ3) is 4.35. The van der Waals surface area contributed by atoms with Crippen molar-refractivity contribution < 1.29 is 9.53 Å². The highest BCUT2D eigenvalue weighted by atomic mass is 79.9. The molecule has 1 saturated heterocycles. The van der Waals surface area contributed by atoms with Crippen molar-refractivity contribution in [3.8, 4) is 0 Å². The van der Waals surface area contributed by atoms with E-state index in [1.165, 1.54) is 4.88 Å². The molecule has 1 aliphatic heterocycles. The predicted octanol–water partition coefficient (Wildman–Crippen LogP) is 1.85. The van der Waals surface area contributed by atoms with Gasteiger partial charge in [-0.15, -0.1) is 11.3 Å². The first-order valence-corrected chi connectivity index (χ1v) is 7.67. The molecule has 1 aromatic heterocycles. The molecule has 2 rings (SSSR count). The molecule has 0 bridgehead atoms. The maximum Gasteiger partial charge on any atom is 0.224 e. The van der Waals surface area contributed by atoms with Crippen molar-refractivity contribution in [1.29, 1.82) is 0 Å². The van der Waals surface area contributed by atoms with E-state index in [2.05, 4.69) is 27.3 Å². The molecule has 0 atom stereocenters. The fourth-order valence-electron chi connectivity index (χ4n) is 1.82. The van der Waals surface area contributed by atoms with Gasteiger partial charge in [-0.3, -0.25) is 4.79 Å². The number of amides is 1. The number of nitrogens with zero attached hydrogens (tertiary/aromatic N) is 1. The van der Waals surface area contributed by atoms with E-state index in [1.54, 1.807) is 11.3 Å². The van der Waals surface area contributed by atoms with Crippen molar-refractivity contribution >= 4 is 33.2 Å². The molecular formula is C12H17BrN2O2S. The summed E-state index contributed by atoms with van der Waals surface area (Å²) in [6, 6.07) is 4.13. The van der Waals surface area contributed by atoms with Gasteiger partial charge >= 0.3 is 0 Å². The lowest BCUT2D eigenvalue weighted by Crippen LogP contribution is -2.41. The molecule has 1 amide bonds. The summed E-state index contributed by atoms with van der Waals surface area (Å²) in [7, 11) is 0. The molecule has 1 aromatic rings. The Bertz CT molecular complexity index is 391. The number of rotatable bonds is 5. The summed E-state index contributed by atoms with van der Waals surface area (Å²) < 4.78 is 6.37. The quantitative estimate of drug-likeness (QED) is 0.836. The van der Waals surface area contributed by atoms with E-state index in [4.69, 9.17) is 4.74 Å². The number of halogens is 1. The molecule has 0 unspecified atom stereocenters. The van der Waals surface area contributed by atoms with Crippen LogP contribution in [-0.4, -0.2) is 43.7 Å². The number of morpholine rings is 1. The number of hydrogen-bond donors (Lipinski definition) is 1. The van der Waals surface area contributed by atoms with Crippen LogP contribution in [0.3, 0.4) is 0 Å². The van der Waals surface area contributed by atoms with Crippen LogP contribution in [0.4, 0.5) is 0 Å². The lowest BCUT2D eigenvalue weighted by atomic mass is 10.3. The molecule has 6 heteroatoms. The van der Waals surface area contributed by atoms with Gasteiger partial charge in [-0.2, -0.15) is 0 Å². The minimum absolute atomic E-state index is 0.221. The normalized spacial score (nSPS) is 15.9. The molecular weight excluding hydrogens is 316 g/mol. The highest BCUT2D eigenvalue weighted by molar-refractivity contribution is 9.11. The second-order valence-corrected chi connectivity index (χ2v) is 6.67. The predicted molar refractivity (Wildman–Crippen MR) is 75.7 cm³/mol. The highest BCUT2D eigenvalue weighted by Crippen LogP contribution is 2.21. The largest absolute Gasteiger partial charge is 0.378 e. The number of nitrogens with one attached hydrogen (secondary N) is 1. The molecule has 0 aliphatic carbocycles. The summed E-state index contributed by atoms with van der Waals surface area (Å²) in [5, 5.41) is 3.30. The lowest BCUT2D eigenvalue weighted by Gasteiger charge is -2.26. The minimum atomic E-state index is 0.221. The SMILES string of the molecule is O=C(CCNCc1ccc(Br)s1)N1CCOCC1. The fraction of sp³-hybridized carbons (Fsp3) is 0.583. The van der Waals surface area contributed by atoms with E-state index in [0.29, 0.717) is 19.6 Å². The minimum Gasteiger partial charge on any atom is -0.378 e. The molecule has 0 spiro atoms. The molecule has 18 heavy (non-hydrogen) atoms. The van der Waals surface area contributed by atoms with Crippen LogP contribution < -0.4 is 5.32 Å². The third-order valence-electron chi connectivity index (χ3n) is 2.81. The molecule has 100 valence electrons. The second-order valence-electron chi connectivity index (χ2n) is 4.13. The smallest absolute Gasteiger partial charge is 0.224 e. The number of hydrogen-bond acceptors (Lipinski definition) is 4. The van der Waals surface area contributed by atoms with Gasteiger partial charge in [0.15, 0.2) is 0 Å². The summed E-state index contributed by atoms with van der Waals surface area (Å²) in [5.74, 6) is 0.221. The second kappa shape index (κ2) is 7.23. The molecule has 0 aromatic carbocycles. The fourth-order valence-corrected chi connectivity index (χ4v) is 3.28. The van der Waals surface area contributed by atoms with Gasteiger partial charge in [-0.1, -0.05) is 0 Å². The van der Waals surface area contributed by atoms with Crippen molar-refractivity contribution in [3.63, 3.8) is 0 Å². The summed E-state index contributed by atoms with van der Waals surface area (Å²) in [6.45, 7) is 4.36. The molecule has 1 fully saturated rings. The molecule has 1 N–H and O–H groups in total. The maximum atomic E-state index is 11.8. The van der Waals surface area contributed by atoms with Crippen molar-refractivity contribution in [2.75, 3.05) is 32.8 Å². The van der Waals surface area contributed by atoms with Crippen LogP contribution in [0.15, 0.2) is 15.9 Å². The van der Waals surface area contributed by atoms with Crippen molar-refractivity contribution in [3.05, 3.63) is 20.8 Å². The van der Waals surface area contributed by atoms with E-state index in [9.17, 15) is 4.79 Å². The van der Waals surface area contributed by atoms with E-state index in [-0.39, 0.29) is 5.91 Å². The Hall–Kier alpha value is -0.430. The number of carbonyl (C=O) groups excluding carboxylic acids is 1. The molecule has 2 heterocycles. The molecule has 1 aliphatic rings.